The van der Waals surface area contributed by atoms with Gasteiger partial charge in [-0.15, -0.1) is 0 Å². The van der Waals surface area contributed by atoms with Gasteiger partial charge < -0.3 is 4.74 Å². The van der Waals surface area contributed by atoms with Crippen LogP contribution in [0.15, 0.2) is 46.4 Å². The summed E-state index contributed by atoms with van der Waals surface area (Å²) in [5.41, 5.74) is 2.09. The van der Waals surface area contributed by atoms with Crippen molar-refractivity contribution in [2.45, 2.75) is 4.90 Å². The molecule has 0 radical (unpaired) electrons. The molecule has 2 aromatic carbocycles. The molecule has 0 saturated carbocycles. The van der Waals surface area contributed by atoms with Crippen molar-refractivity contribution in [3.63, 3.8) is 0 Å². The van der Waals surface area contributed by atoms with E-state index in [-0.39, 0.29) is 42.4 Å². The van der Waals surface area contributed by atoms with E-state index < -0.39 is 32.3 Å². The van der Waals surface area contributed by atoms with E-state index in [1.807, 2.05) is 0 Å². The Labute approximate surface area is 164 Å². The number of ether oxygens (including phenoxy) is 1. The molecule has 1 heterocycles. The summed E-state index contributed by atoms with van der Waals surface area (Å²) in [6.45, 7) is 0.822. The zero-order valence-corrected chi connectivity index (χ0v) is 15.7. The molecule has 0 atom stereocenters. The summed E-state index contributed by atoms with van der Waals surface area (Å²) in [5, 5.41) is 15.1. The molecule has 0 aliphatic carbocycles. The highest BCUT2D eigenvalue weighted by Gasteiger charge is 2.28. The predicted octanol–water partition coefficient (Wildman–Crippen LogP) is 2.34. The van der Waals surface area contributed by atoms with E-state index in [2.05, 4.69) is 10.5 Å². The number of morpholine rings is 1. The molecule has 29 heavy (non-hydrogen) atoms. The highest BCUT2D eigenvalue weighted by atomic mass is 32.2. The highest BCUT2D eigenvalue weighted by Crippen LogP contribution is 2.29. The topological polar surface area (TPSA) is 114 Å². The van der Waals surface area contributed by atoms with Gasteiger partial charge in [-0.3, -0.25) is 15.5 Å². The lowest BCUT2D eigenvalue weighted by molar-refractivity contribution is -0.384. The number of nitro groups is 1. The summed E-state index contributed by atoms with van der Waals surface area (Å²) in [5.74, 6) is -2.07. The largest absolute Gasteiger partial charge is 0.379 e. The number of sulfonamides is 1. The Balaban J connectivity index is 1.83. The van der Waals surface area contributed by atoms with E-state index in [9.17, 15) is 27.3 Å². The van der Waals surface area contributed by atoms with E-state index in [0.29, 0.717) is 0 Å². The van der Waals surface area contributed by atoms with E-state index >= 15 is 0 Å². The molecule has 1 saturated heterocycles. The summed E-state index contributed by atoms with van der Waals surface area (Å²) in [7, 11) is -3.90. The second-order valence-electron chi connectivity index (χ2n) is 6.00. The molecular formula is C17H16F2N4O5S. The number of nitrogens with zero attached hydrogens (tertiary/aromatic N) is 3. The zero-order valence-electron chi connectivity index (χ0n) is 14.9. The van der Waals surface area contributed by atoms with Gasteiger partial charge in [-0.25, -0.2) is 17.2 Å². The number of hydrogen-bond donors (Lipinski definition) is 1. The van der Waals surface area contributed by atoms with Crippen molar-refractivity contribution >= 4 is 27.6 Å². The van der Waals surface area contributed by atoms with Crippen molar-refractivity contribution in [3.05, 3.63) is 63.7 Å². The second kappa shape index (κ2) is 8.59. The number of nitrogens with one attached hydrogen (secondary N) is 1. The van der Waals surface area contributed by atoms with Crippen molar-refractivity contribution in [3.8, 4) is 0 Å². The highest BCUT2D eigenvalue weighted by molar-refractivity contribution is 7.89. The first-order chi connectivity index (χ1) is 13.8. The summed E-state index contributed by atoms with van der Waals surface area (Å²) in [6, 6.07) is 6.49. The first-order valence-corrected chi connectivity index (χ1v) is 9.83. The molecule has 0 spiro atoms. The molecule has 1 aliphatic heterocycles. The number of halogens is 2. The van der Waals surface area contributed by atoms with Gasteiger partial charge in [0, 0.05) is 19.2 Å². The average Bonchev–Trinajstić information content (AvgIpc) is 2.71. The van der Waals surface area contributed by atoms with Crippen molar-refractivity contribution in [2.24, 2.45) is 5.10 Å². The van der Waals surface area contributed by atoms with Crippen LogP contribution in [-0.4, -0.2) is 50.2 Å². The van der Waals surface area contributed by atoms with Gasteiger partial charge in [0.05, 0.1) is 29.2 Å². The van der Waals surface area contributed by atoms with Gasteiger partial charge in [-0.2, -0.15) is 9.41 Å². The molecule has 0 amide bonds. The van der Waals surface area contributed by atoms with Crippen LogP contribution in [0.4, 0.5) is 20.2 Å². The molecule has 0 unspecified atom stereocenters. The van der Waals surface area contributed by atoms with Crippen LogP contribution in [0.25, 0.3) is 0 Å². The predicted molar refractivity (Wildman–Crippen MR) is 100 cm³/mol. The van der Waals surface area contributed by atoms with Gasteiger partial charge in [-0.05, 0) is 29.8 Å². The second-order valence-corrected chi connectivity index (χ2v) is 7.93. The van der Waals surface area contributed by atoms with E-state index in [1.54, 1.807) is 0 Å². The van der Waals surface area contributed by atoms with Crippen LogP contribution in [0.1, 0.15) is 5.56 Å². The third kappa shape index (κ3) is 4.72. The summed E-state index contributed by atoms with van der Waals surface area (Å²) in [4.78, 5) is 10.4. The lowest BCUT2D eigenvalue weighted by Gasteiger charge is -2.26. The van der Waals surface area contributed by atoms with Crippen LogP contribution < -0.4 is 5.43 Å². The molecule has 12 heteroatoms. The van der Waals surface area contributed by atoms with Gasteiger partial charge in [-0.1, -0.05) is 6.07 Å². The minimum absolute atomic E-state index is 0.0604. The van der Waals surface area contributed by atoms with Gasteiger partial charge in [0.2, 0.25) is 10.0 Å². The third-order valence-electron chi connectivity index (χ3n) is 4.12. The molecular weight excluding hydrogens is 410 g/mol. The summed E-state index contributed by atoms with van der Waals surface area (Å²) >= 11 is 0. The standard InChI is InChI=1S/C17H16F2N4O5S/c18-14-3-1-12(9-15(14)19)11-20-21-16-4-2-13(10-17(16)23(24)25)29(26,27)22-5-7-28-8-6-22/h1-4,9-11,21H,5-8H2/b20-11-. The maximum absolute atomic E-state index is 13.2. The van der Waals surface area contributed by atoms with Crippen molar-refractivity contribution in [1.82, 2.24) is 4.31 Å². The molecule has 1 N–H and O–H groups in total. The molecule has 2 aromatic rings. The smallest absolute Gasteiger partial charge is 0.295 e. The first kappa shape index (κ1) is 20.8. The van der Waals surface area contributed by atoms with Crippen molar-refractivity contribution in [1.29, 1.82) is 0 Å². The van der Waals surface area contributed by atoms with Crippen molar-refractivity contribution < 1.29 is 26.9 Å². The number of hydrogen-bond acceptors (Lipinski definition) is 7. The molecule has 154 valence electrons. The molecule has 0 bridgehead atoms. The number of hydrazone groups is 1. The first-order valence-electron chi connectivity index (χ1n) is 8.39. The van der Waals surface area contributed by atoms with Gasteiger partial charge >= 0.3 is 0 Å². The SMILES string of the molecule is O=[N+]([O-])c1cc(S(=O)(=O)N2CCOCC2)ccc1N/N=C\c1ccc(F)c(F)c1. The average molecular weight is 426 g/mol. The fourth-order valence-electron chi connectivity index (χ4n) is 2.62. The quantitative estimate of drug-likeness (QED) is 0.431. The number of benzene rings is 2. The van der Waals surface area contributed by atoms with E-state index in [0.717, 1.165) is 24.4 Å². The third-order valence-corrected chi connectivity index (χ3v) is 6.01. The Hall–Kier alpha value is -2.96. The minimum atomic E-state index is -3.90. The van der Waals surface area contributed by atoms with Crippen LogP contribution in [-0.2, 0) is 14.8 Å². The maximum atomic E-state index is 13.2. The van der Waals surface area contributed by atoms with Gasteiger partial charge in [0.1, 0.15) is 5.69 Å². The number of anilines is 1. The normalized spacial score (nSPS) is 15.5. The Bertz CT molecular complexity index is 1060. The van der Waals surface area contributed by atoms with Crippen LogP contribution >= 0.6 is 0 Å². The van der Waals surface area contributed by atoms with Crippen molar-refractivity contribution in [2.75, 3.05) is 31.7 Å². The monoisotopic (exact) mass is 426 g/mol. The minimum Gasteiger partial charge on any atom is -0.379 e. The van der Waals surface area contributed by atoms with Gasteiger partial charge in [0.15, 0.2) is 11.6 Å². The molecule has 9 nitrogen and oxygen atoms in total. The fraction of sp³-hybridized carbons (Fsp3) is 0.235. The Kier molecular flexibility index (Phi) is 6.15. The zero-order chi connectivity index (χ0) is 21.0. The fourth-order valence-corrected chi connectivity index (χ4v) is 4.05. The molecule has 1 aliphatic rings. The Morgan fingerprint density at radius 1 is 1.14 bits per heavy atom. The molecule has 0 aromatic heterocycles. The Morgan fingerprint density at radius 3 is 2.52 bits per heavy atom. The molecule has 3 rings (SSSR count). The lowest BCUT2D eigenvalue weighted by atomic mass is 10.2. The number of nitro benzene ring substituents is 1. The van der Waals surface area contributed by atoms with Gasteiger partial charge in [0.25, 0.3) is 5.69 Å². The Morgan fingerprint density at radius 2 is 1.86 bits per heavy atom. The summed E-state index contributed by atoms with van der Waals surface area (Å²) in [6.07, 6.45) is 1.14. The maximum Gasteiger partial charge on any atom is 0.295 e. The van der Waals surface area contributed by atoms with E-state index in [4.69, 9.17) is 4.74 Å². The summed E-state index contributed by atoms with van der Waals surface area (Å²) < 4.78 is 57.8. The van der Waals surface area contributed by atoms with Crippen LogP contribution in [0.2, 0.25) is 0 Å². The molecule has 1 fully saturated rings. The lowest BCUT2D eigenvalue weighted by Crippen LogP contribution is -2.40. The van der Waals surface area contributed by atoms with Crippen LogP contribution in [0, 0.1) is 21.7 Å². The van der Waals surface area contributed by atoms with Crippen LogP contribution in [0.3, 0.4) is 0 Å². The number of rotatable bonds is 6. The van der Waals surface area contributed by atoms with Crippen LogP contribution in [0.5, 0.6) is 0 Å². The van der Waals surface area contributed by atoms with E-state index in [1.165, 1.54) is 22.5 Å².